The van der Waals surface area contributed by atoms with E-state index in [1.54, 1.807) is 19.4 Å². The van der Waals surface area contributed by atoms with E-state index in [2.05, 4.69) is 33.4 Å². The molecule has 4 rings (SSSR count). The van der Waals surface area contributed by atoms with Crippen molar-refractivity contribution in [1.82, 2.24) is 0 Å². The van der Waals surface area contributed by atoms with Crippen LogP contribution in [0.3, 0.4) is 0 Å². The van der Waals surface area contributed by atoms with Crippen LogP contribution in [0.2, 0.25) is 0 Å². The first-order valence-corrected chi connectivity index (χ1v) is 10.7. The van der Waals surface area contributed by atoms with Crippen molar-refractivity contribution in [3.63, 3.8) is 0 Å². The van der Waals surface area contributed by atoms with E-state index in [1.165, 1.54) is 0 Å². The molecule has 31 heavy (non-hydrogen) atoms. The van der Waals surface area contributed by atoms with E-state index in [0.29, 0.717) is 5.75 Å². The molecule has 0 aliphatic carbocycles. The zero-order valence-electron chi connectivity index (χ0n) is 17.5. The van der Waals surface area contributed by atoms with Crippen molar-refractivity contribution in [3.05, 3.63) is 88.6 Å². The molecule has 0 fully saturated rings. The molecule has 0 unspecified atom stereocenters. The number of rotatable bonds is 5. The fourth-order valence-corrected chi connectivity index (χ4v) is 4.13. The molecule has 156 valence electrons. The molecule has 4 aromatic rings. The van der Waals surface area contributed by atoms with Crippen molar-refractivity contribution < 1.29 is 13.9 Å². The van der Waals surface area contributed by atoms with Gasteiger partial charge in [-0.05, 0) is 49.2 Å². The summed E-state index contributed by atoms with van der Waals surface area (Å²) in [6.07, 6.45) is 3.36. The molecule has 0 aliphatic rings. The summed E-state index contributed by atoms with van der Waals surface area (Å²) >= 11 is 3.42. The van der Waals surface area contributed by atoms with E-state index in [9.17, 15) is 4.79 Å². The molecule has 1 heterocycles. The molecule has 0 radical (unpaired) electrons. The maximum absolute atomic E-state index is 12.6. The summed E-state index contributed by atoms with van der Waals surface area (Å²) in [6, 6.07) is 19.6. The van der Waals surface area contributed by atoms with Crippen molar-refractivity contribution in [1.29, 1.82) is 0 Å². The number of aryl methyl sites for hydroxylation is 1. The highest BCUT2D eigenvalue weighted by atomic mass is 79.9. The van der Waals surface area contributed by atoms with Crippen molar-refractivity contribution >= 4 is 44.1 Å². The van der Waals surface area contributed by atoms with Crippen LogP contribution in [0, 0.1) is 6.92 Å². The molecular weight excluding hydrogens is 454 g/mol. The van der Waals surface area contributed by atoms with Gasteiger partial charge in [0.05, 0.1) is 13.4 Å². The number of ether oxygens (including phenoxy) is 1. The first-order chi connectivity index (χ1) is 15.0. The number of anilines is 1. The van der Waals surface area contributed by atoms with Crippen LogP contribution in [0.15, 0.2) is 81.9 Å². The number of hydrogen-bond acceptors (Lipinski definition) is 3. The lowest BCUT2D eigenvalue weighted by atomic mass is 9.96. The topological polar surface area (TPSA) is 51.5 Å². The van der Waals surface area contributed by atoms with Gasteiger partial charge in [0, 0.05) is 38.3 Å². The summed E-state index contributed by atoms with van der Waals surface area (Å²) in [5.41, 5.74) is 6.15. The number of carbonyl (C=O) groups is 1. The highest BCUT2D eigenvalue weighted by Crippen LogP contribution is 2.40. The lowest BCUT2D eigenvalue weighted by Crippen LogP contribution is -2.08. The average molecular weight is 476 g/mol. The van der Waals surface area contributed by atoms with Crippen molar-refractivity contribution in [2.75, 3.05) is 12.4 Å². The van der Waals surface area contributed by atoms with Gasteiger partial charge in [0.15, 0.2) is 0 Å². The van der Waals surface area contributed by atoms with Crippen LogP contribution in [0.5, 0.6) is 5.75 Å². The smallest absolute Gasteiger partial charge is 0.248 e. The van der Waals surface area contributed by atoms with E-state index in [4.69, 9.17) is 9.15 Å². The third-order valence-electron chi connectivity index (χ3n) is 5.20. The van der Waals surface area contributed by atoms with Crippen molar-refractivity contribution in [2.45, 2.75) is 13.8 Å². The summed E-state index contributed by atoms with van der Waals surface area (Å²) in [4.78, 5) is 12.6. The van der Waals surface area contributed by atoms with Crippen LogP contribution in [0.4, 0.5) is 5.69 Å². The first-order valence-electron chi connectivity index (χ1n) is 9.87. The number of amides is 1. The number of furan rings is 1. The van der Waals surface area contributed by atoms with Gasteiger partial charge in [0.2, 0.25) is 5.91 Å². The Bertz CT molecular complexity index is 1290. The molecule has 1 amide bonds. The van der Waals surface area contributed by atoms with Gasteiger partial charge in [-0.2, -0.15) is 0 Å². The fourth-order valence-electron chi connectivity index (χ4n) is 3.73. The Hall–Kier alpha value is -3.31. The molecular formula is C26H22BrNO3. The van der Waals surface area contributed by atoms with E-state index in [1.807, 2.05) is 62.4 Å². The first kappa shape index (κ1) is 20.9. The Balaban J connectivity index is 1.76. The van der Waals surface area contributed by atoms with Gasteiger partial charge in [-0.25, -0.2) is 0 Å². The third-order valence-corrected chi connectivity index (χ3v) is 5.69. The van der Waals surface area contributed by atoms with Gasteiger partial charge >= 0.3 is 0 Å². The fraction of sp³-hybridized carbons (Fsp3) is 0.115. The van der Waals surface area contributed by atoms with E-state index < -0.39 is 0 Å². The van der Waals surface area contributed by atoms with Crippen LogP contribution in [0.25, 0.3) is 27.7 Å². The predicted molar refractivity (Wildman–Crippen MR) is 129 cm³/mol. The third kappa shape index (κ3) is 4.28. The van der Waals surface area contributed by atoms with Crippen LogP contribution >= 0.6 is 15.9 Å². The van der Waals surface area contributed by atoms with Crippen LogP contribution < -0.4 is 10.1 Å². The summed E-state index contributed by atoms with van der Waals surface area (Å²) in [5.74, 6) is 0.497. The summed E-state index contributed by atoms with van der Waals surface area (Å²) in [7, 11) is 1.63. The Labute approximate surface area is 189 Å². The number of nitrogens with one attached hydrogen (secondary N) is 1. The predicted octanol–water partition coefficient (Wildman–Crippen LogP) is 7.22. The van der Waals surface area contributed by atoms with Crippen molar-refractivity contribution in [3.8, 4) is 16.9 Å². The highest BCUT2D eigenvalue weighted by molar-refractivity contribution is 9.10. The van der Waals surface area contributed by atoms with Gasteiger partial charge in [-0.1, -0.05) is 52.3 Å². The Morgan fingerprint density at radius 1 is 1.10 bits per heavy atom. The molecule has 3 aromatic carbocycles. The number of carbonyl (C=O) groups excluding carboxylic acids is 1. The van der Waals surface area contributed by atoms with Gasteiger partial charge in [0.1, 0.15) is 11.3 Å². The molecule has 0 bridgehead atoms. The van der Waals surface area contributed by atoms with Gasteiger partial charge in [-0.3, -0.25) is 4.79 Å². The molecule has 0 saturated carbocycles. The highest BCUT2D eigenvalue weighted by Gasteiger charge is 2.18. The molecule has 0 saturated heterocycles. The Morgan fingerprint density at radius 2 is 1.87 bits per heavy atom. The second-order valence-corrected chi connectivity index (χ2v) is 8.22. The summed E-state index contributed by atoms with van der Waals surface area (Å²) in [5, 5.41) is 3.89. The van der Waals surface area contributed by atoms with Gasteiger partial charge in [-0.15, -0.1) is 0 Å². The molecule has 0 spiro atoms. The monoisotopic (exact) mass is 475 g/mol. The lowest BCUT2D eigenvalue weighted by Gasteiger charge is -2.13. The number of hydrogen-bond donors (Lipinski definition) is 1. The second-order valence-electron chi connectivity index (χ2n) is 7.30. The minimum Gasteiger partial charge on any atom is -0.496 e. The normalized spacial score (nSPS) is 11.5. The summed E-state index contributed by atoms with van der Waals surface area (Å²) < 4.78 is 12.5. The van der Waals surface area contributed by atoms with Gasteiger partial charge in [0.25, 0.3) is 0 Å². The maximum atomic E-state index is 12.6. The number of methoxy groups -OCH3 is 1. The Kier molecular flexibility index (Phi) is 5.96. The molecule has 4 nitrogen and oxygen atoms in total. The molecule has 0 aliphatic heterocycles. The number of fused-ring (bicyclic) bond motifs is 1. The zero-order valence-corrected chi connectivity index (χ0v) is 19.1. The second kappa shape index (κ2) is 8.82. The zero-order chi connectivity index (χ0) is 22.0. The largest absolute Gasteiger partial charge is 0.496 e. The van der Waals surface area contributed by atoms with Crippen LogP contribution in [0.1, 0.15) is 18.1 Å². The number of benzene rings is 3. The lowest BCUT2D eigenvalue weighted by molar-refractivity contribution is -0.111. The SMILES string of the molecule is COc1c(/C(C)=C/C(=O)Nc2cccc(Br)c2)cc2c(-c3ccccc3)coc2c1C. The molecule has 5 heteroatoms. The number of halogens is 1. The van der Waals surface area contributed by atoms with E-state index in [-0.39, 0.29) is 5.91 Å². The quantitative estimate of drug-likeness (QED) is 0.310. The molecule has 1 N–H and O–H groups in total. The van der Waals surface area contributed by atoms with Crippen LogP contribution in [-0.2, 0) is 4.79 Å². The van der Waals surface area contributed by atoms with Gasteiger partial charge < -0.3 is 14.5 Å². The Morgan fingerprint density at radius 3 is 2.58 bits per heavy atom. The summed E-state index contributed by atoms with van der Waals surface area (Å²) in [6.45, 7) is 3.88. The van der Waals surface area contributed by atoms with E-state index in [0.717, 1.165) is 49.0 Å². The standard InChI is InChI=1S/C26H22BrNO3/c1-16(12-24(29)28-20-11-7-10-19(27)13-20)21-14-22-23(18-8-5-4-6-9-18)15-31-26(22)17(2)25(21)30-3/h4-15H,1-3H3,(H,28,29)/b16-12+. The minimum atomic E-state index is -0.203. The molecule has 0 atom stereocenters. The minimum absolute atomic E-state index is 0.203. The maximum Gasteiger partial charge on any atom is 0.248 e. The van der Waals surface area contributed by atoms with Crippen LogP contribution in [-0.4, -0.2) is 13.0 Å². The van der Waals surface area contributed by atoms with Crippen molar-refractivity contribution in [2.24, 2.45) is 0 Å². The van der Waals surface area contributed by atoms with E-state index >= 15 is 0 Å². The number of allylic oxidation sites excluding steroid dienone is 1. The average Bonchev–Trinajstić information content (AvgIpc) is 3.18. The molecule has 1 aromatic heterocycles.